The van der Waals surface area contributed by atoms with Gasteiger partial charge in [0.25, 0.3) is 0 Å². The summed E-state index contributed by atoms with van der Waals surface area (Å²) in [6.07, 6.45) is 2.10. The second-order valence-electron chi connectivity index (χ2n) is 2.98. The van der Waals surface area contributed by atoms with Gasteiger partial charge in [0.2, 0.25) is 0 Å². The summed E-state index contributed by atoms with van der Waals surface area (Å²) in [7, 11) is 2.56. The number of hydrogen-bond acceptors (Lipinski definition) is 4. The molecule has 5 heteroatoms. The topological polar surface area (TPSA) is 27.7 Å². The summed E-state index contributed by atoms with van der Waals surface area (Å²) < 4.78 is 16.1. The van der Waals surface area contributed by atoms with Gasteiger partial charge in [-0.3, -0.25) is 0 Å². The van der Waals surface area contributed by atoms with Gasteiger partial charge in [0.05, 0.1) is 0 Å². The lowest BCUT2D eigenvalue weighted by atomic mass is 10.3. The van der Waals surface area contributed by atoms with Crippen LogP contribution < -0.4 is 0 Å². The predicted molar refractivity (Wildman–Crippen MR) is 59.3 cm³/mol. The molecule has 0 aliphatic heterocycles. The van der Waals surface area contributed by atoms with Crippen LogP contribution in [0.15, 0.2) is 0 Å². The van der Waals surface area contributed by atoms with E-state index in [1.807, 2.05) is 0 Å². The standard InChI is InChI=1S/C8H20O3SSi/c1-8(6-5-7-12)13(9-2,10-3)11-4/h8,12H,5-7H2,1-4H3. The average molecular weight is 224 g/mol. The van der Waals surface area contributed by atoms with E-state index in [0.29, 0.717) is 5.54 Å². The van der Waals surface area contributed by atoms with Gasteiger partial charge in [-0.15, -0.1) is 0 Å². The first-order valence-corrected chi connectivity index (χ1v) is 6.86. The summed E-state index contributed by atoms with van der Waals surface area (Å²) in [5, 5.41) is 0. The predicted octanol–water partition coefficient (Wildman–Crippen LogP) is 1.96. The lowest BCUT2D eigenvalue weighted by Gasteiger charge is -2.30. The zero-order chi connectivity index (χ0) is 10.3. The molecule has 1 atom stereocenters. The Hall–Kier alpha value is 0.447. The van der Waals surface area contributed by atoms with Crippen LogP contribution in [0.2, 0.25) is 5.54 Å². The molecule has 0 fully saturated rings. The molecule has 13 heavy (non-hydrogen) atoms. The molecule has 1 unspecified atom stereocenters. The lowest BCUT2D eigenvalue weighted by Crippen LogP contribution is -2.46. The zero-order valence-electron chi connectivity index (χ0n) is 8.87. The monoisotopic (exact) mass is 224 g/mol. The summed E-state index contributed by atoms with van der Waals surface area (Å²) in [6, 6.07) is 0. The molecule has 0 saturated carbocycles. The van der Waals surface area contributed by atoms with Crippen LogP contribution in [0.25, 0.3) is 0 Å². The molecular weight excluding hydrogens is 204 g/mol. The summed E-state index contributed by atoms with van der Waals surface area (Å²) in [4.78, 5) is 0. The summed E-state index contributed by atoms with van der Waals surface area (Å²) >= 11 is 4.17. The van der Waals surface area contributed by atoms with Crippen molar-refractivity contribution < 1.29 is 13.3 Å². The Labute approximate surface area is 87.5 Å². The molecule has 0 aromatic carbocycles. The Bertz CT molecular complexity index is 122. The average Bonchev–Trinajstić information content (AvgIpc) is 2.18. The van der Waals surface area contributed by atoms with E-state index < -0.39 is 8.80 Å². The van der Waals surface area contributed by atoms with E-state index in [0.717, 1.165) is 18.6 Å². The van der Waals surface area contributed by atoms with Gasteiger partial charge >= 0.3 is 8.80 Å². The molecule has 0 heterocycles. The maximum Gasteiger partial charge on any atom is 0.503 e. The highest BCUT2D eigenvalue weighted by molar-refractivity contribution is 7.80. The molecule has 0 saturated heterocycles. The van der Waals surface area contributed by atoms with Gasteiger partial charge in [0, 0.05) is 26.9 Å². The minimum atomic E-state index is -2.39. The third-order valence-corrected chi connectivity index (χ3v) is 5.77. The molecule has 0 aromatic heterocycles. The van der Waals surface area contributed by atoms with Crippen LogP contribution in [-0.4, -0.2) is 35.9 Å². The normalized spacial score (nSPS) is 14.5. The third-order valence-electron chi connectivity index (χ3n) is 2.25. The highest BCUT2D eigenvalue weighted by Gasteiger charge is 2.43. The number of rotatable bonds is 7. The first-order valence-electron chi connectivity index (χ1n) is 4.43. The summed E-state index contributed by atoms with van der Waals surface area (Å²) in [5.74, 6) is 0.895. The van der Waals surface area contributed by atoms with Crippen molar-refractivity contribution in [1.29, 1.82) is 0 Å². The summed E-state index contributed by atoms with van der Waals surface area (Å²) in [5.41, 5.74) is 0.333. The van der Waals surface area contributed by atoms with Crippen LogP contribution in [0.5, 0.6) is 0 Å². The van der Waals surface area contributed by atoms with Gasteiger partial charge in [-0.25, -0.2) is 0 Å². The second kappa shape index (κ2) is 6.84. The molecule has 0 amide bonds. The van der Waals surface area contributed by atoms with Gasteiger partial charge in [-0.1, -0.05) is 6.92 Å². The van der Waals surface area contributed by atoms with Crippen molar-refractivity contribution in [3.05, 3.63) is 0 Å². The molecule has 80 valence electrons. The highest BCUT2D eigenvalue weighted by atomic mass is 32.1. The molecule has 0 rings (SSSR count). The van der Waals surface area contributed by atoms with Crippen LogP contribution in [0.4, 0.5) is 0 Å². The van der Waals surface area contributed by atoms with Crippen molar-refractivity contribution in [2.45, 2.75) is 25.3 Å². The fourth-order valence-electron chi connectivity index (χ4n) is 1.43. The first kappa shape index (κ1) is 13.4. The van der Waals surface area contributed by atoms with Crippen LogP contribution in [0.3, 0.4) is 0 Å². The Morgan fingerprint density at radius 3 is 1.92 bits per heavy atom. The fraction of sp³-hybridized carbons (Fsp3) is 1.00. The second-order valence-corrected chi connectivity index (χ2v) is 6.85. The van der Waals surface area contributed by atoms with Crippen molar-refractivity contribution in [3.8, 4) is 0 Å². The van der Waals surface area contributed by atoms with E-state index in [9.17, 15) is 0 Å². The van der Waals surface area contributed by atoms with Crippen LogP contribution in [0.1, 0.15) is 19.8 Å². The molecule has 0 aliphatic rings. The van der Waals surface area contributed by atoms with Gasteiger partial charge in [-0.2, -0.15) is 12.6 Å². The largest absolute Gasteiger partial charge is 0.503 e. The minimum absolute atomic E-state index is 0.333. The van der Waals surface area contributed by atoms with Crippen molar-refractivity contribution in [1.82, 2.24) is 0 Å². The lowest BCUT2D eigenvalue weighted by molar-refractivity contribution is 0.112. The fourth-order valence-corrected chi connectivity index (χ4v) is 3.88. The number of hydrogen-bond donors (Lipinski definition) is 1. The molecule has 0 spiro atoms. The molecule has 0 bridgehead atoms. The van der Waals surface area contributed by atoms with E-state index in [1.54, 1.807) is 21.3 Å². The maximum absolute atomic E-state index is 5.36. The smallest absolute Gasteiger partial charge is 0.377 e. The van der Waals surface area contributed by atoms with E-state index in [2.05, 4.69) is 19.6 Å². The first-order chi connectivity index (χ1) is 6.16. The molecule has 0 aromatic rings. The molecule has 0 radical (unpaired) electrons. The van der Waals surface area contributed by atoms with Crippen molar-refractivity contribution >= 4 is 21.4 Å². The van der Waals surface area contributed by atoms with Gasteiger partial charge in [0.15, 0.2) is 0 Å². The molecule has 0 aliphatic carbocycles. The number of thiol groups is 1. The van der Waals surface area contributed by atoms with Gasteiger partial charge < -0.3 is 13.3 Å². The van der Waals surface area contributed by atoms with Crippen molar-refractivity contribution in [2.75, 3.05) is 27.1 Å². The molecular formula is C8H20O3SSi. The van der Waals surface area contributed by atoms with Gasteiger partial charge in [0.1, 0.15) is 0 Å². The SMILES string of the molecule is CO[Si](OC)(OC)C(C)CCCS. The Morgan fingerprint density at radius 2 is 1.62 bits per heavy atom. The third kappa shape index (κ3) is 3.59. The van der Waals surface area contributed by atoms with Crippen LogP contribution >= 0.6 is 12.6 Å². The quantitative estimate of drug-likeness (QED) is 0.529. The molecule has 0 N–H and O–H groups in total. The Morgan fingerprint density at radius 1 is 1.15 bits per heavy atom. The van der Waals surface area contributed by atoms with Gasteiger partial charge in [-0.05, 0) is 18.6 Å². The Kier molecular flexibility index (Phi) is 7.07. The maximum atomic E-state index is 5.36. The van der Waals surface area contributed by atoms with E-state index in [-0.39, 0.29) is 0 Å². The van der Waals surface area contributed by atoms with Crippen LogP contribution in [0, 0.1) is 0 Å². The highest BCUT2D eigenvalue weighted by Crippen LogP contribution is 2.27. The summed E-state index contributed by atoms with van der Waals surface area (Å²) in [6.45, 7) is 2.10. The Balaban J connectivity index is 4.17. The minimum Gasteiger partial charge on any atom is -0.377 e. The van der Waals surface area contributed by atoms with Crippen LogP contribution in [-0.2, 0) is 13.3 Å². The van der Waals surface area contributed by atoms with E-state index >= 15 is 0 Å². The molecule has 3 nitrogen and oxygen atoms in total. The van der Waals surface area contributed by atoms with E-state index in [1.165, 1.54) is 0 Å². The van der Waals surface area contributed by atoms with Crippen molar-refractivity contribution in [3.63, 3.8) is 0 Å². The zero-order valence-corrected chi connectivity index (χ0v) is 10.8. The van der Waals surface area contributed by atoms with E-state index in [4.69, 9.17) is 13.3 Å². The van der Waals surface area contributed by atoms with Crippen molar-refractivity contribution in [2.24, 2.45) is 0 Å².